The average Bonchev–Trinajstić information content (AvgIpc) is 3.21. The van der Waals surface area contributed by atoms with Crippen LogP contribution in [0.15, 0.2) is 42.7 Å². The highest BCUT2D eigenvalue weighted by Gasteiger charge is 2.46. The molecule has 8 nitrogen and oxygen atoms in total. The number of nitrogens with zero attached hydrogens (tertiary/aromatic N) is 5. The summed E-state index contributed by atoms with van der Waals surface area (Å²) in [5.41, 5.74) is 0.302. The van der Waals surface area contributed by atoms with Crippen molar-refractivity contribution >= 4 is 17.4 Å². The minimum absolute atomic E-state index is 0.270. The van der Waals surface area contributed by atoms with E-state index in [-0.39, 0.29) is 5.15 Å². The van der Waals surface area contributed by atoms with Crippen molar-refractivity contribution in [2.75, 3.05) is 4.90 Å². The minimum Gasteiger partial charge on any atom is -0.485 e. The first-order valence-corrected chi connectivity index (χ1v) is 9.42. The summed E-state index contributed by atoms with van der Waals surface area (Å²) in [5, 5.41) is 29.1. The molecule has 0 amide bonds. The first-order valence-electron chi connectivity index (χ1n) is 9.04. The predicted octanol–water partition coefficient (Wildman–Crippen LogP) is 3.00. The smallest absolute Gasteiger partial charge is 0.152 e. The molecule has 0 saturated carbocycles. The maximum atomic E-state index is 11.3. The van der Waals surface area contributed by atoms with Crippen molar-refractivity contribution in [3.8, 4) is 11.8 Å². The van der Waals surface area contributed by atoms with Gasteiger partial charge in [0.25, 0.3) is 0 Å². The molecule has 0 radical (unpaired) electrons. The van der Waals surface area contributed by atoms with Gasteiger partial charge in [0.15, 0.2) is 11.0 Å². The van der Waals surface area contributed by atoms with Crippen LogP contribution in [0, 0.1) is 11.3 Å². The molecule has 9 heteroatoms. The topological polar surface area (TPSA) is 111 Å². The Labute approximate surface area is 172 Å². The molecular weight excluding hydrogens is 392 g/mol. The third-order valence-electron chi connectivity index (χ3n) is 4.96. The van der Waals surface area contributed by atoms with Gasteiger partial charge in [-0.15, -0.1) is 10.2 Å². The first-order chi connectivity index (χ1) is 13.9. The van der Waals surface area contributed by atoms with Crippen molar-refractivity contribution in [1.29, 1.82) is 5.26 Å². The van der Waals surface area contributed by atoms with Crippen LogP contribution in [0.25, 0.3) is 0 Å². The van der Waals surface area contributed by atoms with Crippen molar-refractivity contribution in [3.63, 3.8) is 0 Å². The lowest BCUT2D eigenvalue weighted by Crippen LogP contribution is -2.53. The zero-order valence-electron chi connectivity index (χ0n) is 15.9. The van der Waals surface area contributed by atoms with Crippen LogP contribution in [0.1, 0.15) is 36.8 Å². The molecule has 0 fully saturated rings. The van der Waals surface area contributed by atoms with Crippen molar-refractivity contribution in [2.24, 2.45) is 0 Å². The highest BCUT2D eigenvalue weighted by Crippen LogP contribution is 2.44. The number of imidazole rings is 1. The highest BCUT2D eigenvalue weighted by atomic mass is 35.5. The minimum atomic E-state index is -0.920. The third kappa shape index (κ3) is 3.62. The SMILES string of the molecule is CC1(C)Oc2ccc(C#N)cc2[C@H](N(Cc2ncc[nH]2)c2ccc(Cl)nn2)[C@H]1O. The fourth-order valence-electron chi connectivity index (χ4n) is 3.50. The lowest BCUT2D eigenvalue weighted by molar-refractivity contribution is -0.0592. The number of nitriles is 1. The van der Waals surface area contributed by atoms with Crippen LogP contribution in [-0.2, 0) is 6.54 Å². The van der Waals surface area contributed by atoms with Gasteiger partial charge in [-0.05, 0) is 44.2 Å². The van der Waals surface area contributed by atoms with Crippen LogP contribution >= 0.6 is 11.6 Å². The van der Waals surface area contributed by atoms with Gasteiger partial charge in [0.1, 0.15) is 23.3 Å². The monoisotopic (exact) mass is 410 g/mol. The summed E-state index contributed by atoms with van der Waals surface area (Å²) in [6.45, 7) is 3.98. The Hall–Kier alpha value is -3.15. The molecule has 2 atom stereocenters. The van der Waals surface area contributed by atoms with Crippen LogP contribution in [0.5, 0.6) is 5.75 Å². The number of benzene rings is 1. The van der Waals surface area contributed by atoms with E-state index in [2.05, 4.69) is 26.2 Å². The summed E-state index contributed by atoms with van der Waals surface area (Å²) >= 11 is 5.92. The number of aromatic nitrogens is 4. The molecule has 0 spiro atoms. The molecule has 1 aromatic carbocycles. The quantitative estimate of drug-likeness (QED) is 0.680. The van der Waals surface area contributed by atoms with Gasteiger partial charge in [0.05, 0.1) is 24.2 Å². The second-order valence-corrected chi connectivity index (χ2v) is 7.72. The second kappa shape index (κ2) is 7.35. The first kappa shape index (κ1) is 19.2. The van der Waals surface area contributed by atoms with Crippen molar-refractivity contribution in [3.05, 3.63) is 64.8 Å². The molecule has 2 aromatic heterocycles. The second-order valence-electron chi connectivity index (χ2n) is 7.34. The molecule has 0 bridgehead atoms. The summed E-state index contributed by atoms with van der Waals surface area (Å²) in [5.74, 6) is 1.81. The van der Waals surface area contributed by atoms with E-state index in [0.29, 0.717) is 35.1 Å². The number of ether oxygens (including phenoxy) is 1. The van der Waals surface area contributed by atoms with E-state index in [0.717, 1.165) is 0 Å². The van der Waals surface area contributed by atoms with Crippen LogP contribution in [0.4, 0.5) is 5.82 Å². The number of H-pyrrole nitrogens is 1. The number of aliphatic hydroxyl groups excluding tert-OH is 1. The van der Waals surface area contributed by atoms with Gasteiger partial charge >= 0.3 is 0 Å². The predicted molar refractivity (Wildman–Crippen MR) is 106 cm³/mol. The van der Waals surface area contributed by atoms with Gasteiger partial charge < -0.3 is 19.7 Å². The van der Waals surface area contributed by atoms with Gasteiger partial charge in [-0.2, -0.15) is 5.26 Å². The van der Waals surface area contributed by atoms with E-state index in [1.165, 1.54) is 0 Å². The highest BCUT2D eigenvalue weighted by molar-refractivity contribution is 6.29. The van der Waals surface area contributed by atoms with E-state index in [1.54, 1.807) is 42.7 Å². The zero-order valence-corrected chi connectivity index (χ0v) is 16.6. The molecule has 29 heavy (non-hydrogen) atoms. The molecule has 1 aliphatic heterocycles. The molecular formula is C20H19ClN6O2. The third-order valence-corrected chi connectivity index (χ3v) is 5.17. The molecule has 3 aromatic rings. The number of aliphatic hydroxyl groups is 1. The Morgan fingerprint density at radius 3 is 2.79 bits per heavy atom. The Balaban J connectivity index is 1.88. The normalized spacial score (nSPS) is 19.7. The lowest BCUT2D eigenvalue weighted by Gasteiger charge is -2.46. The van der Waals surface area contributed by atoms with Crippen molar-refractivity contribution < 1.29 is 9.84 Å². The Morgan fingerprint density at radius 1 is 1.31 bits per heavy atom. The maximum Gasteiger partial charge on any atom is 0.152 e. The Morgan fingerprint density at radius 2 is 2.14 bits per heavy atom. The zero-order chi connectivity index (χ0) is 20.6. The molecule has 0 unspecified atom stereocenters. The summed E-state index contributed by atoms with van der Waals surface area (Å²) in [6.07, 6.45) is 2.47. The van der Waals surface area contributed by atoms with Gasteiger partial charge in [0, 0.05) is 18.0 Å². The summed E-state index contributed by atoms with van der Waals surface area (Å²) in [4.78, 5) is 9.27. The summed E-state index contributed by atoms with van der Waals surface area (Å²) in [7, 11) is 0. The summed E-state index contributed by atoms with van der Waals surface area (Å²) in [6, 6.07) is 10.2. The molecule has 4 rings (SSSR count). The number of fused-ring (bicyclic) bond motifs is 1. The van der Waals surface area contributed by atoms with E-state index in [4.69, 9.17) is 16.3 Å². The van der Waals surface area contributed by atoms with Crippen LogP contribution in [-0.4, -0.2) is 37.0 Å². The maximum absolute atomic E-state index is 11.3. The van der Waals surface area contributed by atoms with Crippen LogP contribution in [0.3, 0.4) is 0 Å². The van der Waals surface area contributed by atoms with Crippen LogP contribution < -0.4 is 9.64 Å². The number of rotatable bonds is 4. The molecule has 148 valence electrons. The van der Waals surface area contributed by atoms with E-state index >= 15 is 0 Å². The fourth-order valence-corrected chi connectivity index (χ4v) is 3.61. The fraction of sp³-hybridized carbons (Fsp3) is 0.300. The number of aromatic amines is 1. The number of halogens is 1. The van der Waals surface area contributed by atoms with E-state index < -0.39 is 17.7 Å². The standard InChI is InChI=1S/C20H19ClN6O2/c1-20(2)19(28)18(13-9-12(10-22)3-4-14(13)29-20)27(11-16-23-7-8-24-16)17-6-5-15(21)25-26-17/h3-9,18-19,28H,11H2,1-2H3,(H,23,24)/t18-,19+/m0/s1. The van der Waals surface area contributed by atoms with Crippen molar-refractivity contribution in [1.82, 2.24) is 20.2 Å². The lowest BCUT2D eigenvalue weighted by atomic mass is 9.85. The molecule has 1 aliphatic rings. The van der Waals surface area contributed by atoms with Gasteiger partial charge in [-0.1, -0.05) is 11.6 Å². The largest absolute Gasteiger partial charge is 0.485 e. The number of hydrogen-bond acceptors (Lipinski definition) is 7. The average molecular weight is 411 g/mol. The Bertz CT molecular complexity index is 1050. The molecule has 3 heterocycles. The van der Waals surface area contributed by atoms with Gasteiger partial charge in [-0.3, -0.25) is 0 Å². The van der Waals surface area contributed by atoms with Crippen molar-refractivity contribution in [2.45, 2.75) is 38.1 Å². The Kier molecular flexibility index (Phi) is 4.86. The van der Waals surface area contributed by atoms with Gasteiger partial charge in [-0.25, -0.2) is 4.98 Å². The molecule has 2 N–H and O–H groups in total. The van der Waals surface area contributed by atoms with Crippen LogP contribution in [0.2, 0.25) is 5.15 Å². The van der Waals surface area contributed by atoms with Gasteiger partial charge in [0.2, 0.25) is 0 Å². The number of hydrogen-bond donors (Lipinski definition) is 2. The number of anilines is 1. The number of nitrogens with one attached hydrogen (secondary N) is 1. The molecule has 0 aliphatic carbocycles. The molecule has 0 saturated heterocycles. The van der Waals surface area contributed by atoms with E-state index in [9.17, 15) is 10.4 Å². The summed E-state index contributed by atoms with van der Waals surface area (Å²) < 4.78 is 6.03. The van der Waals surface area contributed by atoms with E-state index in [1.807, 2.05) is 18.7 Å².